The van der Waals surface area contributed by atoms with Crippen molar-refractivity contribution in [2.45, 2.75) is 57.8 Å². The molecule has 0 amide bonds. The van der Waals surface area contributed by atoms with E-state index in [2.05, 4.69) is 0 Å². The minimum absolute atomic E-state index is 0.559. The van der Waals surface area contributed by atoms with Gasteiger partial charge in [-0.2, -0.15) is 0 Å². The molecule has 2 N–H and O–H groups in total. The Labute approximate surface area is 112 Å². The van der Waals surface area contributed by atoms with E-state index in [4.69, 9.17) is 10.5 Å². The van der Waals surface area contributed by atoms with E-state index in [-0.39, 0.29) is 0 Å². The average molecular weight is 251 g/mol. The van der Waals surface area contributed by atoms with Crippen LogP contribution in [-0.2, 0) is 4.74 Å². The summed E-state index contributed by atoms with van der Waals surface area (Å²) in [5.74, 6) is 3.10. The van der Waals surface area contributed by atoms with Crippen LogP contribution < -0.4 is 5.73 Å². The Kier molecular flexibility index (Phi) is 3.95. The molecule has 1 aliphatic heterocycles. The van der Waals surface area contributed by atoms with E-state index in [1.807, 2.05) is 0 Å². The quantitative estimate of drug-likeness (QED) is 0.735. The fraction of sp³-hybridized carbons (Fsp3) is 1.00. The molecule has 0 aromatic rings. The van der Waals surface area contributed by atoms with Gasteiger partial charge in [0, 0.05) is 13.2 Å². The summed E-state index contributed by atoms with van der Waals surface area (Å²) in [7, 11) is 0. The van der Waals surface area contributed by atoms with Gasteiger partial charge >= 0.3 is 0 Å². The van der Waals surface area contributed by atoms with Crippen molar-refractivity contribution in [3.05, 3.63) is 0 Å². The third kappa shape index (κ3) is 2.91. The van der Waals surface area contributed by atoms with Gasteiger partial charge in [0.25, 0.3) is 0 Å². The van der Waals surface area contributed by atoms with Crippen LogP contribution in [0.1, 0.15) is 57.8 Å². The first kappa shape index (κ1) is 12.9. The molecule has 0 aromatic carbocycles. The summed E-state index contributed by atoms with van der Waals surface area (Å²) in [6, 6.07) is 0. The van der Waals surface area contributed by atoms with Gasteiger partial charge in [-0.3, -0.25) is 0 Å². The Morgan fingerprint density at radius 3 is 2.44 bits per heavy atom. The third-order valence-electron chi connectivity index (χ3n) is 5.80. The fourth-order valence-electron chi connectivity index (χ4n) is 4.45. The largest absolute Gasteiger partial charge is 0.381 e. The molecule has 2 heteroatoms. The number of nitrogens with two attached hydrogens (primary N) is 1. The first-order valence-electron chi connectivity index (χ1n) is 8.09. The number of unbranched alkanes of at least 4 members (excludes halogenated alkanes) is 1. The number of hydrogen-bond acceptors (Lipinski definition) is 2. The molecule has 104 valence electrons. The van der Waals surface area contributed by atoms with Crippen molar-refractivity contribution in [3.63, 3.8) is 0 Å². The predicted octanol–water partition coefficient (Wildman–Crippen LogP) is 3.35. The van der Waals surface area contributed by atoms with Crippen molar-refractivity contribution < 1.29 is 4.74 Å². The van der Waals surface area contributed by atoms with E-state index in [9.17, 15) is 0 Å². The van der Waals surface area contributed by atoms with Gasteiger partial charge in [-0.15, -0.1) is 0 Å². The summed E-state index contributed by atoms with van der Waals surface area (Å²) in [6.07, 6.45) is 12.7. The molecule has 3 rings (SSSR count). The van der Waals surface area contributed by atoms with Crippen LogP contribution in [0.2, 0.25) is 0 Å². The number of ether oxygens (including phenoxy) is 1. The summed E-state index contributed by atoms with van der Waals surface area (Å²) < 4.78 is 5.42. The Bertz CT molecular complexity index is 262. The first-order chi connectivity index (χ1) is 8.81. The Morgan fingerprint density at radius 2 is 1.78 bits per heavy atom. The molecular formula is C16H29NO. The molecule has 2 nitrogen and oxygen atoms in total. The van der Waals surface area contributed by atoms with Crippen LogP contribution in [0.25, 0.3) is 0 Å². The minimum Gasteiger partial charge on any atom is -0.381 e. The van der Waals surface area contributed by atoms with Crippen LogP contribution >= 0.6 is 0 Å². The molecule has 0 spiro atoms. The zero-order valence-electron chi connectivity index (χ0n) is 11.7. The highest BCUT2D eigenvalue weighted by Crippen LogP contribution is 2.61. The summed E-state index contributed by atoms with van der Waals surface area (Å²) in [5, 5.41) is 0. The normalized spacial score (nSPS) is 39.8. The van der Waals surface area contributed by atoms with Crippen molar-refractivity contribution >= 4 is 0 Å². The highest BCUT2D eigenvalue weighted by atomic mass is 16.5. The molecule has 2 atom stereocenters. The second kappa shape index (κ2) is 5.50. The van der Waals surface area contributed by atoms with E-state index in [0.29, 0.717) is 5.41 Å². The van der Waals surface area contributed by atoms with E-state index >= 15 is 0 Å². The molecule has 0 bridgehead atoms. The molecule has 0 radical (unpaired) electrons. The van der Waals surface area contributed by atoms with Crippen LogP contribution in [0.3, 0.4) is 0 Å². The third-order valence-corrected chi connectivity index (χ3v) is 5.80. The predicted molar refractivity (Wildman–Crippen MR) is 74.3 cm³/mol. The van der Waals surface area contributed by atoms with Crippen molar-refractivity contribution in [1.82, 2.24) is 0 Å². The maximum Gasteiger partial charge on any atom is 0.0468 e. The van der Waals surface area contributed by atoms with Gasteiger partial charge in [0.1, 0.15) is 0 Å². The maximum atomic E-state index is 6.06. The molecule has 0 aromatic heterocycles. The molecule has 2 unspecified atom stereocenters. The molecule has 3 fully saturated rings. The summed E-state index contributed by atoms with van der Waals surface area (Å²) in [5.41, 5.74) is 6.62. The van der Waals surface area contributed by atoms with Gasteiger partial charge in [-0.1, -0.05) is 19.3 Å². The molecular weight excluding hydrogens is 222 g/mol. The van der Waals surface area contributed by atoms with Crippen LogP contribution in [-0.4, -0.2) is 19.8 Å². The minimum atomic E-state index is 0.559. The zero-order chi connectivity index (χ0) is 12.4. The second-order valence-electron chi connectivity index (χ2n) is 7.17. The highest BCUT2D eigenvalue weighted by molar-refractivity contribution is 5.03. The van der Waals surface area contributed by atoms with Gasteiger partial charge in [-0.05, 0) is 68.2 Å². The van der Waals surface area contributed by atoms with Crippen molar-refractivity contribution in [2.75, 3.05) is 19.8 Å². The van der Waals surface area contributed by atoms with Crippen molar-refractivity contribution in [1.29, 1.82) is 0 Å². The van der Waals surface area contributed by atoms with E-state index in [1.165, 1.54) is 57.8 Å². The van der Waals surface area contributed by atoms with Crippen LogP contribution in [0, 0.1) is 23.2 Å². The van der Waals surface area contributed by atoms with Crippen LogP contribution in [0.5, 0.6) is 0 Å². The van der Waals surface area contributed by atoms with Gasteiger partial charge < -0.3 is 10.5 Å². The van der Waals surface area contributed by atoms with Crippen molar-refractivity contribution in [3.8, 4) is 0 Å². The Hall–Kier alpha value is -0.0800. The smallest absolute Gasteiger partial charge is 0.0468 e. The van der Waals surface area contributed by atoms with Gasteiger partial charge in [0.2, 0.25) is 0 Å². The van der Waals surface area contributed by atoms with Gasteiger partial charge in [0.05, 0.1) is 0 Å². The zero-order valence-corrected chi connectivity index (χ0v) is 11.7. The second-order valence-corrected chi connectivity index (χ2v) is 7.17. The SMILES string of the molecule is NCC1(CCCCC2CCOCC2)CC2CC2C1. The molecule has 2 saturated carbocycles. The van der Waals surface area contributed by atoms with E-state index < -0.39 is 0 Å². The lowest BCUT2D eigenvalue weighted by Crippen LogP contribution is -2.29. The molecule has 1 saturated heterocycles. The maximum absolute atomic E-state index is 6.06. The van der Waals surface area contributed by atoms with Gasteiger partial charge in [-0.25, -0.2) is 0 Å². The fourth-order valence-corrected chi connectivity index (χ4v) is 4.45. The first-order valence-corrected chi connectivity index (χ1v) is 8.09. The van der Waals surface area contributed by atoms with Crippen molar-refractivity contribution in [2.24, 2.45) is 28.9 Å². The summed E-state index contributed by atoms with van der Waals surface area (Å²) in [6.45, 7) is 2.94. The molecule has 18 heavy (non-hydrogen) atoms. The number of rotatable bonds is 6. The molecule has 3 aliphatic rings. The molecule has 2 aliphatic carbocycles. The van der Waals surface area contributed by atoms with E-state index in [0.717, 1.165) is 37.5 Å². The number of fused-ring (bicyclic) bond motifs is 1. The standard InChI is InChI=1S/C16H29NO/c17-12-16(10-14-9-15(14)11-16)6-2-1-3-13-4-7-18-8-5-13/h13-15H,1-12,17H2. The lowest BCUT2D eigenvalue weighted by atomic mass is 9.78. The monoisotopic (exact) mass is 251 g/mol. The summed E-state index contributed by atoms with van der Waals surface area (Å²) in [4.78, 5) is 0. The van der Waals surface area contributed by atoms with Gasteiger partial charge in [0.15, 0.2) is 0 Å². The lowest BCUT2D eigenvalue weighted by Gasteiger charge is -2.30. The Morgan fingerprint density at radius 1 is 1.06 bits per heavy atom. The van der Waals surface area contributed by atoms with Crippen LogP contribution in [0.15, 0.2) is 0 Å². The van der Waals surface area contributed by atoms with E-state index in [1.54, 1.807) is 0 Å². The highest BCUT2D eigenvalue weighted by Gasteiger charge is 2.52. The molecule has 1 heterocycles. The lowest BCUT2D eigenvalue weighted by molar-refractivity contribution is 0.0627. The average Bonchev–Trinajstić information content (AvgIpc) is 3.04. The topological polar surface area (TPSA) is 35.2 Å². The van der Waals surface area contributed by atoms with Crippen LogP contribution in [0.4, 0.5) is 0 Å². The Balaban J connectivity index is 1.33. The number of hydrogen-bond donors (Lipinski definition) is 1. The summed E-state index contributed by atoms with van der Waals surface area (Å²) >= 11 is 0.